The van der Waals surface area contributed by atoms with Crippen molar-refractivity contribution in [1.82, 2.24) is 10.2 Å². The molecule has 116 valence electrons. The van der Waals surface area contributed by atoms with Gasteiger partial charge in [-0.1, -0.05) is 25.1 Å². The van der Waals surface area contributed by atoms with Crippen LogP contribution in [0.15, 0.2) is 24.3 Å². The third-order valence-corrected chi connectivity index (χ3v) is 3.77. The van der Waals surface area contributed by atoms with Crippen LogP contribution in [0.3, 0.4) is 0 Å². The molecule has 2 rings (SSSR count). The number of benzene rings is 1. The molecule has 0 unspecified atom stereocenters. The van der Waals surface area contributed by atoms with Crippen LogP contribution in [0.25, 0.3) is 0 Å². The van der Waals surface area contributed by atoms with Crippen LogP contribution >= 0.6 is 0 Å². The van der Waals surface area contributed by atoms with Crippen LogP contribution in [0.5, 0.6) is 5.75 Å². The van der Waals surface area contributed by atoms with Crippen LogP contribution in [0, 0.1) is 0 Å². The molecule has 1 N–H and O–H groups in total. The zero-order chi connectivity index (χ0) is 14.9. The molecule has 1 aromatic carbocycles. The average Bonchev–Trinajstić information content (AvgIpc) is 2.54. The van der Waals surface area contributed by atoms with E-state index in [9.17, 15) is 4.79 Å². The molecule has 4 nitrogen and oxygen atoms in total. The largest absolute Gasteiger partial charge is 0.483 e. The fourth-order valence-electron chi connectivity index (χ4n) is 2.56. The summed E-state index contributed by atoms with van der Waals surface area (Å²) in [5.74, 6) is 0.914. The second kappa shape index (κ2) is 8.67. The van der Waals surface area contributed by atoms with Gasteiger partial charge in [0.1, 0.15) is 5.75 Å². The molecule has 1 saturated heterocycles. The number of ether oxygens (including phenoxy) is 1. The van der Waals surface area contributed by atoms with Gasteiger partial charge in [0, 0.05) is 25.2 Å². The molecule has 0 aliphatic carbocycles. The number of amides is 1. The van der Waals surface area contributed by atoms with Crippen LogP contribution in [0.2, 0.25) is 0 Å². The molecule has 0 aromatic heterocycles. The standard InChI is InChI=1S/C17H26N2O2/c1-2-10-18-13-15-8-4-5-9-16(15)21-14-17(20)19-11-6-3-7-12-19/h4-5,8-9,18H,2-3,6-7,10-14H2,1H3. The second-order valence-electron chi connectivity index (χ2n) is 5.51. The predicted molar refractivity (Wildman–Crippen MR) is 84.4 cm³/mol. The van der Waals surface area contributed by atoms with E-state index in [0.717, 1.165) is 56.8 Å². The van der Waals surface area contributed by atoms with Gasteiger partial charge in [-0.25, -0.2) is 0 Å². The molecule has 1 fully saturated rings. The molecular formula is C17H26N2O2. The van der Waals surface area contributed by atoms with Gasteiger partial charge in [0.25, 0.3) is 5.91 Å². The molecule has 0 bridgehead atoms. The minimum absolute atomic E-state index is 0.103. The van der Waals surface area contributed by atoms with Gasteiger partial charge in [-0.15, -0.1) is 0 Å². The average molecular weight is 290 g/mol. The lowest BCUT2D eigenvalue weighted by Crippen LogP contribution is -2.38. The third-order valence-electron chi connectivity index (χ3n) is 3.77. The molecule has 4 heteroatoms. The van der Waals surface area contributed by atoms with Gasteiger partial charge in [-0.3, -0.25) is 4.79 Å². The summed E-state index contributed by atoms with van der Waals surface area (Å²) >= 11 is 0. The van der Waals surface area contributed by atoms with E-state index in [1.165, 1.54) is 6.42 Å². The van der Waals surface area contributed by atoms with Gasteiger partial charge in [-0.05, 0) is 38.3 Å². The monoisotopic (exact) mass is 290 g/mol. The molecule has 1 aromatic rings. The van der Waals surface area contributed by atoms with E-state index in [0.29, 0.717) is 0 Å². The van der Waals surface area contributed by atoms with Crippen molar-refractivity contribution in [3.05, 3.63) is 29.8 Å². The summed E-state index contributed by atoms with van der Waals surface area (Å²) in [7, 11) is 0. The SMILES string of the molecule is CCCNCc1ccccc1OCC(=O)N1CCCCC1. The molecule has 1 aliphatic rings. The lowest BCUT2D eigenvalue weighted by Gasteiger charge is -2.26. The first kappa shape index (κ1) is 15.8. The normalized spacial score (nSPS) is 15.0. The predicted octanol–water partition coefficient (Wildman–Crippen LogP) is 2.58. The van der Waals surface area contributed by atoms with Gasteiger partial charge >= 0.3 is 0 Å². The number of nitrogens with one attached hydrogen (secondary N) is 1. The summed E-state index contributed by atoms with van der Waals surface area (Å²) in [6.07, 6.45) is 4.57. The molecule has 0 atom stereocenters. The summed E-state index contributed by atoms with van der Waals surface area (Å²) in [6, 6.07) is 7.93. The number of carbonyl (C=O) groups is 1. The third kappa shape index (κ3) is 5.05. The summed E-state index contributed by atoms with van der Waals surface area (Å²) in [5, 5.41) is 3.37. The Hall–Kier alpha value is -1.55. The number of nitrogens with zero attached hydrogens (tertiary/aromatic N) is 1. The van der Waals surface area contributed by atoms with Crippen molar-refractivity contribution in [3.63, 3.8) is 0 Å². The number of hydrogen-bond acceptors (Lipinski definition) is 3. The van der Waals surface area contributed by atoms with E-state index in [2.05, 4.69) is 12.2 Å². The highest BCUT2D eigenvalue weighted by Crippen LogP contribution is 2.18. The van der Waals surface area contributed by atoms with Crippen molar-refractivity contribution in [3.8, 4) is 5.75 Å². The Morgan fingerprint density at radius 3 is 2.76 bits per heavy atom. The van der Waals surface area contributed by atoms with Crippen molar-refractivity contribution >= 4 is 5.91 Å². The van der Waals surface area contributed by atoms with Crippen molar-refractivity contribution in [2.24, 2.45) is 0 Å². The van der Waals surface area contributed by atoms with Crippen molar-refractivity contribution in [1.29, 1.82) is 0 Å². The van der Waals surface area contributed by atoms with Gasteiger partial charge in [-0.2, -0.15) is 0 Å². The molecule has 1 aliphatic heterocycles. The number of likely N-dealkylation sites (tertiary alicyclic amines) is 1. The van der Waals surface area contributed by atoms with Gasteiger partial charge < -0.3 is 15.0 Å². The maximum atomic E-state index is 12.1. The summed E-state index contributed by atoms with van der Waals surface area (Å²) in [6.45, 7) is 5.81. The first-order chi connectivity index (χ1) is 10.3. The minimum Gasteiger partial charge on any atom is -0.483 e. The smallest absolute Gasteiger partial charge is 0.260 e. The number of para-hydroxylation sites is 1. The van der Waals surface area contributed by atoms with E-state index in [1.54, 1.807) is 0 Å². The van der Waals surface area contributed by atoms with Crippen LogP contribution < -0.4 is 10.1 Å². The molecule has 21 heavy (non-hydrogen) atoms. The van der Waals surface area contributed by atoms with Crippen molar-refractivity contribution in [2.45, 2.75) is 39.2 Å². The molecule has 0 spiro atoms. The van der Waals surface area contributed by atoms with E-state index in [4.69, 9.17) is 4.74 Å². The Labute approximate surface area is 127 Å². The Kier molecular flexibility index (Phi) is 6.54. The first-order valence-electron chi connectivity index (χ1n) is 8.00. The maximum absolute atomic E-state index is 12.1. The van der Waals surface area contributed by atoms with Crippen LogP contribution in [0.4, 0.5) is 0 Å². The first-order valence-corrected chi connectivity index (χ1v) is 8.00. The number of rotatable bonds is 7. The molecular weight excluding hydrogens is 264 g/mol. The van der Waals surface area contributed by atoms with Gasteiger partial charge in [0.2, 0.25) is 0 Å². The van der Waals surface area contributed by atoms with E-state index in [-0.39, 0.29) is 12.5 Å². The molecule has 0 saturated carbocycles. The lowest BCUT2D eigenvalue weighted by molar-refractivity contribution is -0.134. The Morgan fingerprint density at radius 2 is 2.00 bits per heavy atom. The van der Waals surface area contributed by atoms with E-state index < -0.39 is 0 Å². The highest BCUT2D eigenvalue weighted by molar-refractivity contribution is 5.77. The minimum atomic E-state index is 0.103. The van der Waals surface area contributed by atoms with Gasteiger partial charge in [0.15, 0.2) is 6.61 Å². The number of hydrogen-bond donors (Lipinski definition) is 1. The topological polar surface area (TPSA) is 41.6 Å². The lowest BCUT2D eigenvalue weighted by atomic mass is 10.1. The van der Waals surface area contributed by atoms with E-state index in [1.807, 2.05) is 29.2 Å². The van der Waals surface area contributed by atoms with Crippen molar-refractivity contribution in [2.75, 3.05) is 26.2 Å². The molecule has 0 radical (unpaired) electrons. The number of carbonyl (C=O) groups excluding carboxylic acids is 1. The quantitative estimate of drug-likeness (QED) is 0.785. The summed E-state index contributed by atoms with van der Waals surface area (Å²) in [5.41, 5.74) is 1.11. The Balaban J connectivity index is 1.85. The summed E-state index contributed by atoms with van der Waals surface area (Å²) in [4.78, 5) is 14.0. The number of piperidine rings is 1. The highest BCUT2D eigenvalue weighted by atomic mass is 16.5. The molecule has 1 amide bonds. The maximum Gasteiger partial charge on any atom is 0.260 e. The Morgan fingerprint density at radius 1 is 1.24 bits per heavy atom. The second-order valence-corrected chi connectivity index (χ2v) is 5.51. The van der Waals surface area contributed by atoms with Gasteiger partial charge in [0.05, 0.1) is 0 Å². The van der Waals surface area contributed by atoms with E-state index >= 15 is 0 Å². The van der Waals surface area contributed by atoms with Crippen molar-refractivity contribution < 1.29 is 9.53 Å². The Bertz CT molecular complexity index is 442. The highest BCUT2D eigenvalue weighted by Gasteiger charge is 2.17. The van der Waals surface area contributed by atoms with Crippen LogP contribution in [-0.4, -0.2) is 37.0 Å². The fraction of sp³-hybridized carbons (Fsp3) is 0.588. The zero-order valence-corrected chi connectivity index (χ0v) is 12.9. The molecule has 1 heterocycles. The summed E-state index contributed by atoms with van der Waals surface area (Å²) < 4.78 is 5.75. The fourth-order valence-corrected chi connectivity index (χ4v) is 2.56. The van der Waals surface area contributed by atoms with Crippen LogP contribution in [-0.2, 0) is 11.3 Å². The van der Waals surface area contributed by atoms with Crippen LogP contribution in [0.1, 0.15) is 38.2 Å². The zero-order valence-electron chi connectivity index (χ0n) is 12.9.